The zero-order valence-electron chi connectivity index (χ0n) is 41.3. The normalized spacial score (nSPS) is 16.6. The molecule has 4 aliphatic rings. The van der Waals surface area contributed by atoms with E-state index < -0.39 is 5.60 Å². The van der Waals surface area contributed by atoms with E-state index in [2.05, 4.69) is 45.0 Å². The van der Waals surface area contributed by atoms with Crippen molar-refractivity contribution in [3.63, 3.8) is 0 Å². The highest BCUT2D eigenvalue weighted by molar-refractivity contribution is 5.71. The topological polar surface area (TPSA) is 206 Å². The molecule has 2 fully saturated rings. The van der Waals surface area contributed by atoms with Crippen LogP contribution in [-0.4, -0.2) is 143 Å². The summed E-state index contributed by atoms with van der Waals surface area (Å²) in [5.74, 6) is 2.77. The predicted molar refractivity (Wildman–Crippen MR) is 265 cm³/mol. The summed E-state index contributed by atoms with van der Waals surface area (Å²) in [4.78, 5) is 70.8. The molecule has 4 aliphatic heterocycles. The monoisotopic (exact) mass is 972 g/mol. The Balaban J connectivity index is 0.000000179. The van der Waals surface area contributed by atoms with Crippen molar-refractivity contribution >= 4 is 28.4 Å². The van der Waals surface area contributed by atoms with Gasteiger partial charge >= 0.3 is 6.09 Å². The molecule has 0 radical (unpaired) electrons. The number of fused-ring (bicyclic) bond motifs is 4. The van der Waals surface area contributed by atoms with E-state index in [0.29, 0.717) is 81.4 Å². The number of rotatable bonds is 12. The Morgan fingerprint density at radius 2 is 1.08 bits per heavy atom. The van der Waals surface area contributed by atoms with Gasteiger partial charge in [-0.25, -0.2) is 24.7 Å². The lowest BCUT2D eigenvalue weighted by molar-refractivity contribution is 0.00528. The molecule has 20 heteroatoms. The molecule has 10 rings (SSSR count). The van der Waals surface area contributed by atoms with Crippen molar-refractivity contribution in [3.05, 3.63) is 105 Å². The van der Waals surface area contributed by atoms with Gasteiger partial charge in [0.25, 0.3) is 11.1 Å². The molecule has 71 heavy (non-hydrogen) atoms. The van der Waals surface area contributed by atoms with E-state index >= 15 is 0 Å². The minimum Gasteiger partial charge on any atom is -0.486 e. The Bertz CT molecular complexity index is 2940. The fourth-order valence-electron chi connectivity index (χ4n) is 9.31. The fourth-order valence-corrected chi connectivity index (χ4v) is 9.31. The van der Waals surface area contributed by atoms with Crippen LogP contribution in [0.15, 0.2) is 71.0 Å². The number of aryl methyl sites for hydroxylation is 2. The number of hydrogen-bond donors (Lipinski definition) is 1. The summed E-state index contributed by atoms with van der Waals surface area (Å²) in [5.41, 5.74) is 5.62. The second-order valence-electron chi connectivity index (χ2n) is 19.5. The average molecular weight is 973 g/mol. The third-order valence-electron chi connectivity index (χ3n) is 13.0. The van der Waals surface area contributed by atoms with Crippen LogP contribution in [0.1, 0.15) is 69.0 Å². The molecule has 10 heterocycles. The highest BCUT2D eigenvalue weighted by atomic mass is 16.6. The molecule has 1 amide bonds. The number of carbonyl (C=O) groups excluding carboxylic acids is 1. The second-order valence-corrected chi connectivity index (χ2v) is 19.5. The smallest absolute Gasteiger partial charge is 0.410 e. The van der Waals surface area contributed by atoms with Crippen LogP contribution >= 0.6 is 0 Å². The van der Waals surface area contributed by atoms with Crippen LogP contribution in [0.2, 0.25) is 0 Å². The van der Waals surface area contributed by atoms with Gasteiger partial charge in [0, 0.05) is 82.4 Å². The van der Waals surface area contributed by atoms with Crippen molar-refractivity contribution in [2.45, 2.75) is 104 Å². The number of ether oxygens (including phenoxy) is 5. The molecular weight excluding hydrogens is 909 g/mol. The average Bonchev–Trinajstić information content (AvgIpc) is 3.37. The van der Waals surface area contributed by atoms with Crippen LogP contribution in [0, 0.1) is 13.8 Å². The maximum Gasteiger partial charge on any atom is 0.410 e. The largest absolute Gasteiger partial charge is 0.486 e. The fraction of sp³-hybridized carbons (Fsp3) is 0.510. The van der Waals surface area contributed by atoms with Crippen molar-refractivity contribution in [3.8, 4) is 23.0 Å². The summed E-state index contributed by atoms with van der Waals surface area (Å²) in [6, 6.07) is 8.20. The molecule has 20 nitrogen and oxygen atoms in total. The molecular formula is C51H64N12O8. The van der Waals surface area contributed by atoms with Crippen LogP contribution < -0.4 is 35.4 Å². The Labute approximate surface area is 412 Å². The first-order valence-corrected chi connectivity index (χ1v) is 24.6. The molecule has 6 aromatic rings. The molecule has 0 bridgehead atoms. The number of piperidine rings is 2. The van der Waals surface area contributed by atoms with Crippen LogP contribution in [0.3, 0.4) is 0 Å². The lowest BCUT2D eigenvalue weighted by atomic mass is 10.0. The van der Waals surface area contributed by atoms with E-state index in [1.807, 2.05) is 58.9 Å². The van der Waals surface area contributed by atoms with Gasteiger partial charge in [0.1, 0.15) is 32.0 Å². The minimum absolute atomic E-state index is 0.00225. The van der Waals surface area contributed by atoms with Gasteiger partial charge in [-0.05, 0) is 96.7 Å². The molecule has 0 aromatic carbocycles. The van der Waals surface area contributed by atoms with Gasteiger partial charge in [-0.2, -0.15) is 0 Å². The third-order valence-corrected chi connectivity index (χ3v) is 13.0. The van der Waals surface area contributed by atoms with Gasteiger partial charge in [-0.3, -0.25) is 24.5 Å². The summed E-state index contributed by atoms with van der Waals surface area (Å²) in [6.45, 7) is 19.1. The first-order chi connectivity index (χ1) is 34.3. The van der Waals surface area contributed by atoms with Crippen molar-refractivity contribution < 1.29 is 28.5 Å². The number of carbonyl (C=O) groups is 1. The van der Waals surface area contributed by atoms with Gasteiger partial charge in [-0.15, -0.1) is 0 Å². The van der Waals surface area contributed by atoms with Crippen LogP contribution in [-0.2, 0) is 30.9 Å². The summed E-state index contributed by atoms with van der Waals surface area (Å²) in [6.07, 6.45) is 13.0. The molecule has 0 saturated carbocycles. The Morgan fingerprint density at radius 3 is 1.61 bits per heavy atom. The minimum atomic E-state index is -0.607. The molecule has 0 unspecified atom stereocenters. The predicted octanol–water partition coefficient (Wildman–Crippen LogP) is 4.69. The zero-order valence-corrected chi connectivity index (χ0v) is 41.3. The number of pyridine rings is 4. The van der Waals surface area contributed by atoms with Crippen LogP contribution in [0.5, 0.6) is 23.0 Å². The van der Waals surface area contributed by atoms with Gasteiger partial charge < -0.3 is 47.9 Å². The summed E-state index contributed by atoms with van der Waals surface area (Å²) in [7, 11) is 0. The molecule has 0 spiro atoms. The molecule has 376 valence electrons. The lowest BCUT2D eigenvalue weighted by Crippen LogP contribution is -2.49. The van der Waals surface area contributed by atoms with E-state index in [0.717, 1.165) is 110 Å². The Hall–Kier alpha value is -6.77. The number of nitrogens with zero attached hydrogens (tertiary/aromatic N) is 11. The van der Waals surface area contributed by atoms with E-state index in [1.165, 1.54) is 12.4 Å². The molecule has 0 aliphatic carbocycles. The van der Waals surface area contributed by atoms with Gasteiger partial charge in [0.15, 0.2) is 34.3 Å². The maximum absolute atomic E-state index is 13.3. The van der Waals surface area contributed by atoms with E-state index in [9.17, 15) is 14.4 Å². The molecule has 1 N–H and O–H groups in total. The van der Waals surface area contributed by atoms with Crippen molar-refractivity contribution in [2.75, 3.05) is 65.7 Å². The number of aromatic nitrogens is 8. The number of nitrogens with one attached hydrogen (secondary N) is 1. The quantitative estimate of drug-likeness (QED) is 0.177. The molecule has 6 aromatic heterocycles. The summed E-state index contributed by atoms with van der Waals surface area (Å²) in [5, 5.41) is 3.62. The van der Waals surface area contributed by atoms with E-state index in [4.69, 9.17) is 23.7 Å². The van der Waals surface area contributed by atoms with Gasteiger partial charge in [0.05, 0.1) is 53.8 Å². The first kappa shape index (κ1) is 49.2. The third kappa shape index (κ3) is 12.6. The van der Waals surface area contributed by atoms with Gasteiger partial charge in [0.2, 0.25) is 0 Å². The summed E-state index contributed by atoms with van der Waals surface area (Å²) < 4.78 is 31.8. The number of amides is 1. The van der Waals surface area contributed by atoms with Crippen LogP contribution in [0.25, 0.3) is 22.3 Å². The highest BCUT2D eigenvalue weighted by Crippen LogP contribution is 2.32. The summed E-state index contributed by atoms with van der Waals surface area (Å²) >= 11 is 0. The SMILES string of the molecule is Cc1cnc2ncc(=O)n(CCN3CCC(N(Cc4cc5c(cn4)OCCO5)C(=O)OC(C)(C)C)CC3)c2c1.Cc1cnc2ncc(=O)n(CCN3CCC(NCc4cc5c(cn4)OCCO5)CC3)c2c1. The van der Waals surface area contributed by atoms with E-state index in [1.54, 1.807) is 38.8 Å². The van der Waals surface area contributed by atoms with Crippen molar-refractivity contribution in [1.82, 2.24) is 59.1 Å². The number of hydrogen-bond acceptors (Lipinski definition) is 17. The zero-order chi connectivity index (χ0) is 49.5. The van der Waals surface area contributed by atoms with Crippen molar-refractivity contribution in [1.29, 1.82) is 0 Å². The van der Waals surface area contributed by atoms with Crippen molar-refractivity contribution in [2.24, 2.45) is 0 Å². The van der Waals surface area contributed by atoms with E-state index in [-0.39, 0.29) is 23.3 Å². The molecule has 0 atom stereocenters. The van der Waals surface area contributed by atoms with Gasteiger partial charge in [-0.1, -0.05) is 0 Å². The Kier molecular flexibility index (Phi) is 15.3. The number of likely N-dealkylation sites (tertiary alicyclic amines) is 2. The van der Waals surface area contributed by atoms with Crippen LogP contribution in [0.4, 0.5) is 4.79 Å². The standard InChI is InChI=1S/C28H36N6O5.C23H28N6O3/c1-19-13-22-26(30-15-19)31-17-25(35)33(22)10-9-32-7-5-21(6-8-32)34(27(36)39-28(2,3)4)18-20-14-23-24(16-29-20)38-12-11-37-23;1-16-10-19-23(26-12-16)27-15-22(30)29(19)7-6-28-4-2-17(3-5-28)24-13-18-11-20-21(14-25-18)32-9-8-31-20/h13-17,21H,5-12,18H2,1-4H3;10-12,14-15,17,24H,2-9,13H2,1H3. The Morgan fingerprint density at radius 1 is 0.620 bits per heavy atom. The lowest BCUT2D eigenvalue weighted by Gasteiger charge is -2.39. The second kappa shape index (κ2) is 22.1. The highest BCUT2D eigenvalue weighted by Gasteiger charge is 2.32. The maximum atomic E-state index is 13.3. The molecule has 2 saturated heterocycles. The first-order valence-electron chi connectivity index (χ1n) is 24.6.